The fraction of sp³-hybridized carbons (Fsp3) is 0.158. The van der Waals surface area contributed by atoms with Crippen LogP contribution in [0.15, 0.2) is 379 Å². The third-order valence-electron chi connectivity index (χ3n) is 26.5. The number of carbonyl (C=O) groups is 6. The summed E-state index contributed by atoms with van der Waals surface area (Å²) in [6, 6.07) is 86.5. The van der Waals surface area contributed by atoms with Gasteiger partial charge in [-0.15, -0.1) is 0 Å². The average Bonchev–Trinajstić information content (AvgIpc) is 1.60. The largest absolute Gasteiger partial charge is 0.497 e. The molecule has 0 spiro atoms. The van der Waals surface area contributed by atoms with E-state index in [1.807, 2.05) is 347 Å². The average molecular weight is 1960 g/mol. The summed E-state index contributed by atoms with van der Waals surface area (Å²) in [5.41, 5.74) is 28.3. The fourth-order valence-corrected chi connectivity index (χ4v) is 18.9. The van der Waals surface area contributed by atoms with Gasteiger partial charge in [0.25, 0.3) is 0 Å². The van der Waals surface area contributed by atoms with Gasteiger partial charge in [-0.3, -0.25) is 28.8 Å². The Bertz CT molecular complexity index is 8000. The summed E-state index contributed by atoms with van der Waals surface area (Å²) >= 11 is 0. The molecule has 0 atom stereocenters. The molecule has 0 N–H and O–H groups in total. The molecule has 0 radical (unpaired) electrons. The van der Waals surface area contributed by atoms with Gasteiger partial charge >= 0.3 is 0 Å². The summed E-state index contributed by atoms with van der Waals surface area (Å²) < 4.78 is 24.7. The monoisotopic (exact) mass is 1950 g/mol. The van der Waals surface area contributed by atoms with E-state index < -0.39 is 5.82 Å². The van der Waals surface area contributed by atoms with Crippen molar-refractivity contribution < 1.29 is 42.6 Å². The number of Topliss-reactive ketones (excluding diaryl/α,β-unsaturated/α-hetero) is 6. The van der Waals surface area contributed by atoms with Gasteiger partial charge in [0.15, 0.2) is 34.7 Å². The minimum absolute atomic E-state index is 0.00663. The number of hydrogen-bond acceptors (Lipinski definition) is 27. The smallest absolute Gasteiger partial charge is 0.226 e. The van der Waals surface area contributed by atoms with Gasteiger partial charge in [-0.1, -0.05) is 260 Å². The molecule has 13 aliphatic rings. The number of aryl methyl sites for hydroxylation is 3. The first kappa shape index (κ1) is 96.9. The lowest BCUT2D eigenvalue weighted by Gasteiger charge is -2.20. The maximum Gasteiger partial charge on any atom is 0.226 e. The minimum Gasteiger partial charge on any atom is -0.497 e. The van der Waals surface area contributed by atoms with E-state index in [2.05, 4.69) is 59.8 Å². The van der Waals surface area contributed by atoms with Gasteiger partial charge < -0.3 is 38.9 Å². The molecule has 0 bridgehead atoms. The lowest BCUT2D eigenvalue weighted by Crippen LogP contribution is -2.25. The van der Waals surface area contributed by atoms with E-state index in [1.165, 1.54) is 24.5 Å². The molecule has 0 amide bonds. The lowest BCUT2D eigenvalue weighted by atomic mass is 9.83. The number of hydrogen-bond donors (Lipinski definition) is 0. The van der Waals surface area contributed by atoms with Crippen LogP contribution in [0.2, 0.25) is 0 Å². The Labute approximate surface area is 855 Å². The van der Waals surface area contributed by atoms with Gasteiger partial charge in [0.1, 0.15) is 80.0 Å². The molecule has 8 heterocycles. The van der Waals surface area contributed by atoms with Crippen molar-refractivity contribution in [2.24, 2.45) is 59.9 Å². The molecule has 1 saturated heterocycles. The van der Waals surface area contributed by atoms with E-state index in [0.29, 0.717) is 137 Å². The zero-order chi connectivity index (χ0) is 103. The van der Waals surface area contributed by atoms with Gasteiger partial charge in [-0.25, -0.2) is 69.3 Å². The maximum absolute atomic E-state index is 14.4. The number of fused-ring (bicyclic) bond motifs is 18. The summed E-state index contributed by atoms with van der Waals surface area (Å²) in [6.07, 6.45) is 3.97. The molecule has 730 valence electrons. The molecule has 11 aromatic carbocycles. The zero-order valence-corrected chi connectivity index (χ0v) is 84.1. The van der Waals surface area contributed by atoms with Crippen LogP contribution >= 0.6 is 0 Å². The van der Waals surface area contributed by atoms with E-state index >= 15 is 0 Å². The number of ketones is 6. The van der Waals surface area contributed by atoms with Crippen molar-refractivity contribution in [2.45, 2.75) is 33.6 Å². The number of nitrogens with zero attached hydrogens (tertiary/aromatic N) is 19. The van der Waals surface area contributed by atoms with E-state index in [-0.39, 0.29) is 45.8 Å². The first-order valence-corrected chi connectivity index (χ1v) is 48.2. The number of methoxy groups -OCH3 is 2. The highest BCUT2D eigenvalue weighted by Crippen LogP contribution is 2.45. The Morgan fingerprint density at radius 1 is 0.257 bits per heavy atom. The van der Waals surface area contributed by atoms with Gasteiger partial charge in [0.05, 0.1) is 47.7 Å². The number of rotatable bonds is 8. The second-order valence-corrected chi connectivity index (χ2v) is 37.3. The van der Waals surface area contributed by atoms with Crippen molar-refractivity contribution in [3.05, 3.63) is 442 Å². The van der Waals surface area contributed by atoms with Crippen LogP contribution in [0, 0.1) is 26.6 Å². The highest BCUT2D eigenvalue weighted by molar-refractivity contribution is 6.49. The van der Waals surface area contributed by atoms with Crippen LogP contribution in [0.3, 0.4) is 0 Å². The number of aliphatic imine (C=N–C) groups is 12. The number of likely N-dealkylation sites (tertiary alicyclic amines) is 1. The predicted molar refractivity (Wildman–Crippen MR) is 583 cm³/mol. The molecule has 7 aliphatic heterocycles. The molecular weight excluding hydrogens is 1850 g/mol. The quantitative estimate of drug-likeness (QED) is 0.137. The topological polar surface area (TPSA) is 302 Å². The Hall–Kier alpha value is -18.6. The Morgan fingerprint density at radius 2 is 0.514 bits per heavy atom. The molecule has 0 saturated carbocycles. The number of benzene rings is 11. The van der Waals surface area contributed by atoms with E-state index in [9.17, 15) is 33.2 Å². The number of allylic oxidation sites excluding steroid dienone is 12. The summed E-state index contributed by atoms with van der Waals surface area (Å²) in [5, 5.41) is 0. The standard InChI is InChI=1S/C22H19N3O.C20H17N3O2.2C20H17N3O.C19H14FN3O.C19H16N4O2/c1-14-8-10-15(11-9-14)18-20-19(16-6-2-3-7-17(16)21(18)26)23-22(24-20)25-12-4-5-13-25;1-23(2)20-21-17-14-6-4-5-7-15(14)19(24)16(18(17)22-20)12-8-10-13(25-3)11-9-12;1-12-8-4-5-9-13(12)16-18-17(21-20(22-18)23(2)3)14-10-6-7-11-15(14)19(16)24;1-12-8-10-13(11-9-12)16-18-17(21-20(22-18)23(2)3)14-6-4-5-7-15(14)19(16)24;1-23(2)19-21-16-11-7-3-4-8-12(11)18(24)15(17(16)22-19)13-9-5-6-10-14(13)20;1-23(2)19-21-16-12-6-4-5-7-13(12)18(24)15(17(16)22-19)11-8-9-14(25-3)20-10-11/h2-3,6-11H,4-5,12-13H2,1H3;4-11H,1-3H3;2*4-11H,1-3H3;3-10H,1-2H3;4-10H,1-3H3. The molecule has 28 heteroatoms. The van der Waals surface area contributed by atoms with Gasteiger partial charge in [-0.2, -0.15) is 0 Å². The number of carbonyl (C=O) groups excluding carboxylic acids is 6. The Morgan fingerprint density at radius 3 is 0.811 bits per heavy atom. The second kappa shape index (κ2) is 40.3. The van der Waals surface area contributed by atoms with Crippen LogP contribution in [0.25, 0.3) is 33.4 Å². The highest BCUT2D eigenvalue weighted by Gasteiger charge is 2.43. The Balaban J connectivity index is 0.000000108. The Kier molecular flexibility index (Phi) is 26.4. The van der Waals surface area contributed by atoms with Crippen LogP contribution in [-0.4, -0.2) is 237 Å². The number of pyridine rings is 1. The van der Waals surface area contributed by atoms with Gasteiger partial charge in [-0.05, 0) is 85.7 Å². The maximum atomic E-state index is 14.4. The molecule has 12 aromatic rings. The number of ether oxygens (including phenoxy) is 2. The second-order valence-electron chi connectivity index (χ2n) is 37.3. The number of guanidine groups is 6. The molecule has 1 fully saturated rings. The molecule has 0 unspecified atom stereocenters. The molecule has 1 aromatic heterocycles. The zero-order valence-electron chi connectivity index (χ0n) is 84.1. The predicted octanol–water partition coefficient (Wildman–Crippen LogP) is 19.1. The van der Waals surface area contributed by atoms with Crippen molar-refractivity contribution in [3.63, 3.8) is 0 Å². The van der Waals surface area contributed by atoms with Crippen molar-refractivity contribution in [1.29, 1.82) is 0 Å². The van der Waals surface area contributed by atoms with E-state index in [0.717, 1.165) is 126 Å². The van der Waals surface area contributed by atoms with Gasteiger partial charge in [0, 0.05) is 174 Å². The minimum atomic E-state index is -0.444. The third-order valence-corrected chi connectivity index (χ3v) is 26.5. The molecule has 27 nitrogen and oxygen atoms in total. The van der Waals surface area contributed by atoms with E-state index in [4.69, 9.17) is 19.5 Å². The first-order chi connectivity index (χ1) is 71.6. The lowest BCUT2D eigenvalue weighted by molar-refractivity contribution is 0.104. The summed E-state index contributed by atoms with van der Waals surface area (Å²) in [4.78, 5) is 150. The van der Waals surface area contributed by atoms with Crippen LogP contribution in [0.4, 0.5) is 4.39 Å². The first-order valence-electron chi connectivity index (χ1n) is 48.2. The number of aromatic nitrogens is 1. The fourth-order valence-electron chi connectivity index (χ4n) is 18.9. The summed E-state index contributed by atoms with van der Waals surface area (Å²) in [7, 11) is 22.0. The summed E-state index contributed by atoms with van der Waals surface area (Å²) in [5.74, 6) is 4.19. The number of halogens is 1. The van der Waals surface area contributed by atoms with Crippen molar-refractivity contribution in [2.75, 3.05) is 97.8 Å². The molecule has 25 rings (SSSR count). The SMILES string of the molecule is CN(C)C1=NC2=C(c3ccccc3F)C(=O)c3ccccc3C2=N1.COc1ccc(C2=C3N=C(N(C)C)N=C3c3ccccc3C2=O)cc1.COc1ccc(C2=C3N=C(N(C)C)N=C3c3ccccc3C2=O)cn1.Cc1ccc(C2=C3N=C(N(C)C)N=C3c3ccccc3C2=O)cc1.Cc1ccc(C2=C3N=C(N4CCCC4)N=C3c3ccccc3C2=O)cc1.Cc1ccccc1C1=C2N=C(N(C)C)N=C2c2ccccc2C1=O. The highest BCUT2D eigenvalue weighted by atomic mass is 19.1. The molecular formula is C120H100FN19O8. The van der Waals surface area contributed by atoms with Crippen molar-refractivity contribution in [1.82, 2.24) is 34.4 Å². The third kappa shape index (κ3) is 18.0. The molecule has 148 heavy (non-hydrogen) atoms. The summed E-state index contributed by atoms with van der Waals surface area (Å²) in [6.45, 7) is 8.06. The normalized spacial score (nSPS) is 16.1. The van der Waals surface area contributed by atoms with Gasteiger partial charge in [0.2, 0.25) is 41.6 Å². The molecule has 6 aliphatic carbocycles. The van der Waals surface area contributed by atoms with Crippen LogP contribution in [-0.2, 0) is 0 Å². The van der Waals surface area contributed by atoms with Crippen molar-refractivity contribution >= 4 is 138 Å². The van der Waals surface area contributed by atoms with Crippen LogP contribution in [0.5, 0.6) is 11.6 Å². The van der Waals surface area contributed by atoms with Crippen molar-refractivity contribution in [3.8, 4) is 11.6 Å². The van der Waals surface area contributed by atoms with Crippen LogP contribution < -0.4 is 9.47 Å². The van der Waals surface area contributed by atoms with E-state index in [1.54, 1.807) is 61.7 Å². The van der Waals surface area contributed by atoms with Crippen LogP contribution in [0.1, 0.15) is 158 Å².